The van der Waals surface area contributed by atoms with Crippen LogP contribution in [0.4, 0.5) is 16.2 Å². The van der Waals surface area contributed by atoms with E-state index in [0.717, 1.165) is 44.3 Å². The summed E-state index contributed by atoms with van der Waals surface area (Å²) in [6.07, 6.45) is 5.23. The van der Waals surface area contributed by atoms with Crippen LogP contribution in [0.3, 0.4) is 0 Å². The summed E-state index contributed by atoms with van der Waals surface area (Å²) in [5.74, 6) is 0.00638. The summed E-state index contributed by atoms with van der Waals surface area (Å²) < 4.78 is 0. The highest BCUT2D eigenvalue weighted by atomic mass is 16.2. The van der Waals surface area contributed by atoms with E-state index in [9.17, 15) is 9.59 Å². The molecule has 3 amide bonds. The standard InChI is InChI=1S/C16H22N4O2/c21-15(14-3-1-2-10-17-14)18-11-4-6-12(7-5-11)19-16(22)20-13-8-9-13/h4-7,13-14,17H,1-3,8-10H2,(H,18,21)(H2,19,20,22). The summed E-state index contributed by atoms with van der Waals surface area (Å²) in [6, 6.07) is 7.23. The van der Waals surface area contributed by atoms with Crippen molar-refractivity contribution in [1.82, 2.24) is 10.6 Å². The Morgan fingerprint density at radius 3 is 2.23 bits per heavy atom. The van der Waals surface area contributed by atoms with Gasteiger partial charge < -0.3 is 21.3 Å². The van der Waals surface area contributed by atoms with Gasteiger partial charge in [-0.1, -0.05) is 6.42 Å². The van der Waals surface area contributed by atoms with Gasteiger partial charge >= 0.3 is 6.03 Å². The minimum atomic E-state index is -0.175. The van der Waals surface area contributed by atoms with Crippen molar-refractivity contribution in [3.63, 3.8) is 0 Å². The lowest BCUT2D eigenvalue weighted by molar-refractivity contribution is -0.118. The number of benzene rings is 1. The molecule has 1 aromatic carbocycles. The third kappa shape index (κ3) is 4.21. The van der Waals surface area contributed by atoms with Gasteiger partial charge in [-0.3, -0.25) is 4.79 Å². The Balaban J connectivity index is 1.49. The monoisotopic (exact) mass is 302 g/mol. The molecular weight excluding hydrogens is 280 g/mol. The number of nitrogens with one attached hydrogen (secondary N) is 4. The molecule has 1 saturated heterocycles. The number of amides is 3. The van der Waals surface area contributed by atoms with Crippen molar-refractivity contribution >= 4 is 23.3 Å². The van der Waals surface area contributed by atoms with Crippen LogP contribution in [0.15, 0.2) is 24.3 Å². The Hall–Kier alpha value is -2.08. The molecule has 4 N–H and O–H groups in total. The van der Waals surface area contributed by atoms with Crippen LogP contribution in [-0.2, 0) is 4.79 Å². The van der Waals surface area contributed by atoms with Crippen LogP contribution in [0.1, 0.15) is 32.1 Å². The van der Waals surface area contributed by atoms with E-state index in [1.165, 1.54) is 0 Å². The molecule has 1 aliphatic carbocycles. The Morgan fingerprint density at radius 1 is 0.955 bits per heavy atom. The predicted octanol–water partition coefficient (Wildman–Crippen LogP) is 2.05. The summed E-state index contributed by atoms with van der Waals surface area (Å²) in [6.45, 7) is 0.900. The van der Waals surface area contributed by atoms with E-state index in [-0.39, 0.29) is 18.0 Å². The number of hydrogen-bond acceptors (Lipinski definition) is 3. The Kier molecular flexibility index (Phi) is 4.58. The SMILES string of the molecule is O=C(Nc1ccc(NC(=O)C2CCCCN2)cc1)NC1CC1. The van der Waals surface area contributed by atoms with Crippen LogP contribution in [0.25, 0.3) is 0 Å². The van der Waals surface area contributed by atoms with E-state index in [2.05, 4.69) is 21.3 Å². The summed E-state index contributed by atoms with van der Waals surface area (Å²) in [5, 5.41) is 11.8. The minimum absolute atomic E-state index is 0.00638. The molecule has 6 heteroatoms. The van der Waals surface area contributed by atoms with Crippen LogP contribution < -0.4 is 21.3 Å². The lowest BCUT2D eigenvalue weighted by Gasteiger charge is -2.22. The number of rotatable bonds is 4. The molecule has 1 aliphatic heterocycles. The fourth-order valence-corrected chi connectivity index (χ4v) is 2.52. The fourth-order valence-electron chi connectivity index (χ4n) is 2.52. The molecular formula is C16H22N4O2. The van der Waals surface area contributed by atoms with Crippen LogP contribution in [0, 0.1) is 0 Å². The predicted molar refractivity (Wildman–Crippen MR) is 85.9 cm³/mol. The maximum Gasteiger partial charge on any atom is 0.319 e. The van der Waals surface area contributed by atoms with Crippen molar-refractivity contribution in [3.8, 4) is 0 Å². The molecule has 0 aromatic heterocycles. The summed E-state index contributed by atoms with van der Waals surface area (Å²) in [5.41, 5.74) is 1.46. The maximum atomic E-state index is 12.1. The quantitative estimate of drug-likeness (QED) is 0.687. The topological polar surface area (TPSA) is 82.3 Å². The molecule has 1 saturated carbocycles. The number of urea groups is 1. The summed E-state index contributed by atoms with van der Waals surface area (Å²) in [4.78, 5) is 23.7. The fraction of sp³-hybridized carbons (Fsp3) is 0.500. The van der Waals surface area contributed by atoms with Gasteiger partial charge in [-0.25, -0.2) is 4.79 Å². The second-order valence-corrected chi connectivity index (χ2v) is 5.94. The first kappa shape index (κ1) is 14.8. The molecule has 1 aromatic rings. The number of piperidine rings is 1. The molecule has 0 radical (unpaired) electrons. The van der Waals surface area contributed by atoms with E-state index in [0.29, 0.717) is 11.7 Å². The van der Waals surface area contributed by atoms with Gasteiger partial charge in [0.1, 0.15) is 0 Å². The molecule has 0 bridgehead atoms. The third-order valence-electron chi connectivity index (χ3n) is 3.95. The van der Waals surface area contributed by atoms with Crippen LogP contribution in [0.5, 0.6) is 0 Å². The van der Waals surface area contributed by atoms with Gasteiger partial charge in [-0.15, -0.1) is 0 Å². The largest absolute Gasteiger partial charge is 0.335 e. The second-order valence-electron chi connectivity index (χ2n) is 5.94. The number of carbonyl (C=O) groups is 2. The zero-order valence-corrected chi connectivity index (χ0v) is 12.5. The van der Waals surface area contributed by atoms with Crippen molar-refractivity contribution in [2.75, 3.05) is 17.2 Å². The summed E-state index contributed by atoms with van der Waals surface area (Å²) in [7, 11) is 0. The van der Waals surface area contributed by atoms with Crippen molar-refractivity contribution in [2.24, 2.45) is 0 Å². The highest BCUT2D eigenvalue weighted by Gasteiger charge is 2.23. The molecule has 1 atom stereocenters. The van der Waals surface area contributed by atoms with Gasteiger partial charge in [-0.05, 0) is 56.5 Å². The van der Waals surface area contributed by atoms with Crippen LogP contribution >= 0.6 is 0 Å². The molecule has 0 spiro atoms. The molecule has 2 aliphatic rings. The van der Waals surface area contributed by atoms with Crippen molar-refractivity contribution < 1.29 is 9.59 Å². The van der Waals surface area contributed by atoms with Gasteiger partial charge in [0.05, 0.1) is 6.04 Å². The zero-order valence-electron chi connectivity index (χ0n) is 12.5. The average molecular weight is 302 g/mol. The molecule has 118 valence electrons. The van der Waals surface area contributed by atoms with E-state index in [1.807, 2.05) is 0 Å². The molecule has 3 rings (SSSR count). The Morgan fingerprint density at radius 2 is 1.64 bits per heavy atom. The van der Waals surface area contributed by atoms with Gasteiger partial charge in [0, 0.05) is 17.4 Å². The maximum absolute atomic E-state index is 12.1. The average Bonchev–Trinajstić information content (AvgIpc) is 3.34. The highest BCUT2D eigenvalue weighted by Crippen LogP contribution is 2.19. The molecule has 1 unspecified atom stereocenters. The van der Waals surface area contributed by atoms with Crippen molar-refractivity contribution in [2.45, 2.75) is 44.2 Å². The number of anilines is 2. The van der Waals surface area contributed by atoms with Crippen molar-refractivity contribution in [1.29, 1.82) is 0 Å². The first-order valence-corrected chi connectivity index (χ1v) is 7.92. The first-order chi connectivity index (χ1) is 10.7. The molecule has 1 heterocycles. The lowest BCUT2D eigenvalue weighted by atomic mass is 10.0. The van der Waals surface area contributed by atoms with E-state index < -0.39 is 0 Å². The van der Waals surface area contributed by atoms with Gasteiger partial charge in [0.25, 0.3) is 0 Å². The number of carbonyl (C=O) groups excluding carboxylic acids is 2. The molecule has 6 nitrogen and oxygen atoms in total. The normalized spacial score (nSPS) is 21.0. The zero-order chi connectivity index (χ0) is 15.4. The lowest BCUT2D eigenvalue weighted by Crippen LogP contribution is -2.43. The van der Waals surface area contributed by atoms with Crippen LogP contribution in [-0.4, -0.2) is 30.6 Å². The smallest absolute Gasteiger partial charge is 0.319 e. The Bertz CT molecular complexity index is 534. The minimum Gasteiger partial charge on any atom is -0.335 e. The third-order valence-corrected chi connectivity index (χ3v) is 3.95. The van der Waals surface area contributed by atoms with E-state index in [4.69, 9.17) is 0 Å². The molecule has 22 heavy (non-hydrogen) atoms. The van der Waals surface area contributed by atoms with Gasteiger partial charge in [0.15, 0.2) is 0 Å². The van der Waals surface area contributed by atoms with E-state index in [1.54, 1.807) is 24.3 Å². The van der Waals surface area contributed by atoms with Crippen LogP contribution in [0.2, 0.25) is 0 Å². The van der Waals surface area contributed by atoms with Crippen molar-refractivity contribution in [3.05, 3.63) is 24.3 Å². The van der Waals surface area contributed by atoms with Gasteiger partial charge in [0.2, 0.25) is 5.91 Å². The van der Waals surface area contributed by atoms with E-state index >= 15 is 0 Å². The first-order valence-electron chi connectivity index (χ1n) is 7.92. The summed E-state index contributed by atoms with van der Waals surface area (Å²) >= 11 is 0. The highest BCUT2D eigenvalue weighted by molar-refractivity contribution is 5.95. The number of hydrogen-bond donors (Lipinski definition) is 4. The molecule has 2 fully saturated rings. The van der Waals surface area contributed by atoms with Gasteiger partial charge in [-0.2, -0.15) is 0 Å². The Labute approximate surface area is 130 Å². The second kappa shape index (κ2) is 6.79.